The van der Waals surface area contributed by atoms with Gasteiger partial charge in [-0.3, -0.25) is 0 Å². The van der Waals surface area contributed by atoms with Crippen molar-refractivity contribution in [3.63, 3.8) is 0 Å². The Bertz CT molecular complexity index is 23.3. The summed E-state index contributed by atoms with van der Waals surface area (Å²) in [7, 11) is 0. The Balaban J connectivity index is 0. The van der Waals surface area contributed by atoms with Gasteiger partial charge in [-0.2, -0.15) is 0 Å². The number of rotatable bonds is 0. The standard InChI is InChI=1S/C4H9N.Li.H/c1-2-4-5-3-1;;/h5H,1-4H2;;/q;+1;-1. The fourth-order valence-electron chi connectivity index (χ4n) is 0.625. The quantitative estimate of drug-likeness (QED) is 0.316. The van der Waals surface area contributed by atoms with Crippen LogP contribution in [0.1, 0.15) is 14.3 Å². The van der Waals surface area contributed by atoms with Crippen LogP contribution in [0.3, 0.4) is 0 Å². The van der Waals surface area contributed by atoms with E-state index in [4.69, 9.17) is 0 Å². The minimum Gasteiger partial charge on any atom is -1.00 e. The molecular formula is C4H10LiN. The maximum atomic E-state index is 3.22. The molecule has 1 aliphatic heterocycles. The van der Waals surface area contributed by atoms with Crippen LogP contribution in [0.25, 0.3) is 0 Å². The maximum absolute atomic E-state index is 3.22. The molecule has 1 heterocycles. The van der Waals surface area contributed by atoms with Crippen LogP contribution in [-0.2, 0) is 0 Å². The van der Waals surface area contributed by atoms with Crippen molar-refractivity contribution >= 4 is 0 Å². The number of hydrogen-bond acceptors (Lipinski definition) is 1. The Kier molecular flexibility index (Phi) is 4.08. The van der Waals surface area contributed by atoms with Gasteiger partial charge >= 0.3 is 18.9 Å². The van der Waals surface area contributed by atoms with E-state index in [1.165, 1.54) is 25.9 Å². The SMILES string of the molecule is C1CCNC1.[H-].[Li+]. The summed E-state index contributed by atoms with van der Waals surface area (Å²) < 4.78 is 0. The van der Waals surface area contributed by atoms with Crippen LogP contribution >= 0.6 is 0 Å². The second-order valence-corrected chi connectivity index (χ2v) is 1.46. The van der Waals surface area contributed by atoms with Gasteiger partial charge in [0.15, 0.2) is 0 Å². The normalized spacial score (nSPS) is 20.0. The van der Waals surface area contributed by atoms with Crippen molar-refractivity contribution in [2.24, 2.45) is 0 Å². The molecule has 1 nitrogen and oxygen atoms in total. The first-order chi connectivity index (χ1) is 2.50. The molecule has 0 saturated carbocycles. The molecular weight excluding hydrogens is 69.0 g/mol. The Morgan fingerprint density at radius 3 is 1.83 bits per heavy atom. The van der Waals surface area contributed by atoms with E-state index >= 15 is 0 Å². The van der Waals surface area contributed by atoms with Gasteiger partial charge in [0.25, 0.3) is 0 Å². The second kappa shape index (κ2) is 3.74. The van der Waals surface area contributed by atoms with Gasteiger partial charge in [0.2, 0.25) is 0 Å². The van der Waals surface area contributed by atoms with Crippen LogP contribution in [0.5, 0.6) is 0 Å². The molecule has 1 fully saturated rings. The summed E-state index contributed by atoms with van der Waals surface area (Å²) in [5.41, 5.74) is 0. The minimum absolute atomic E-state index is 0. The summed E-state index contributed by atoms with van der Waals surface area (Å²) in [6, 6.07) is 0. The molecule has 0 aromatic rings. The van der Waals surface area contributed by atoms with Crippen LogP contribution in [0.15, 0.2) is 0 Å². The van der Waals surface area contributed by atoms with Crippen molar-refractivity contribution in [2.45, 2.75) is 12.8 Å². The van der Waals surface area contributed by atoms with Crippen LogP contribution in [-0.4, -0.2) is 13.1 Å². The number of nitrogens with one attached hydrogen (secondary N) is 1. The van der Waals surface area contributed by atoms with E-state index in [9.17, 15) is 0 Å². The molecule has 1 rings (SSSR count). The van der Waals surface area contributed by atoms with Gasteiger partial charge in [0, 0.05) is 0 Å². The smallest absolute Gasteiger partial charge is 1.00 e. The predicted octanol–water partition coefficient (Wildman–Crippen LogP) is -2.51. The molecule has 0 aromatic heterocycles. The maximum Gasteiger partial charge on any atom is 1.00 e. The molecule has 0 atom stereocenters. The van der Waals surface area contributed by atoms with Gasteiger partial charge in [-0.25, -0.2) is 0 Å². The van der Waals surface area contributed by atoms with E-state index in [1.54, 1.807) is 0 Å². The zero-order valence-corrected chi connectivity index (χ0v) is 4.33. The zero-order valence-electron chi connectivity index (χ0n) is 5.33. The number of hydrogen-bond donors (Lipinski definition) is 1. The third-order valence-corrected chi connectivity index (χ3v) is 0.957. The van der Waals surface area contributed by atoms with Crippen LogP contribution in [0.2, 0.25) is 0 Å². The van der Waals surface area contributed by atoms with Crippen molar-refractivity contribution in [2.75, 3.05) is 13.1 Å². The topological polar surface area (TPSA) is 12.0 Å². The van der Waals surface area contributed by atoms with Crippen molar-refractivity contribution in [3.05, 3.63) is 0 Å². The summed E-state index contributed by atoms with van der Waals surface area (Å²) in [6.07, 6.45) is 2.78. The largest absolute Gasteiger partial charge is 1.00 e. The molecule has 1 saturated heterocycles. The van der Waals surface area contributed by atoms with E-state index in [1.807, 2.05) is 0 Å². The molecule has 0 unspecified atom stereocenters. The molecule has 0 amide bonds. The minimum atomic E-state index is 0. The van der Waals surface area contributed by atoms with Gasteiger partial charge in [-0.15, -0.1) is 0 Å². The summed E-state index contributed by atoms with van der Waals surface area (Å²) in [4.78, 5) is 0. The molecule has 0 aromatic carbocycles. The third kappa shape index (κ3) is 1.87. The Hall–Kier alpha value is 0.557. The first-order valence-electron chi connectivity index (χ1n) is 2.21. The van der Waals surface area contributed by atoms with Gasteiger partial charge in [-0.1, -0.05) is 0 Å². The fraction of sp³-hybridized carbons (Fsp3) is 1.00. The van der Waals surface area contributed by atoms with E-state index < -0.39 is 0 Å². The zero-order chi connectivity index (χ0) is 3.54. The van der Waals surface area contributed by atoms with Crippen molar-refractivity contribution in [1.82, 2.24) is 5.32 Å². The second-order valence-electron chi connectivity index (χ2n) is 1.46. The van der Waals surface area contributed by atoms with Crippen LogP contribution in [0, 0.1) is 0 Å². The van der Waals surface area contributed by atoms with E-state index in [2.05, 4.69) is 5.32 Å². The molecule has 32 valence electrons. The molecule has 2 heteroatoms. The van der Waals surface area contributed by atoms with Gasteiger partial charge < -0.3 is 6.74 Å². The Morgan fingerprint density at radius 1 is 1.17 bits per heavy atom. The molecule has 0 radical (unpaired) electrons. The predicted molar refractivity (Wildman–Crippen MR) is 23.2 cm³/mol. The van der Waals surface area contributed by atoms with E-state index in [0.29, 0.717) is 0 Å². The van der Waals surface area contributed by atoms with Gasteiger partial charge in [0.05, 0.1) is 0 Å². The van der Waals surface area contributed by atoms with Crippen LogP contribution < -0.4 is 24.2 Å². The van der Waals surface area contributed by atoms with Crippen molar-refractivity contribution in [1.29, 1.82) is 0 Å². The Morgan fingerprint density at radius 2 is 1.67 bits per heavy atom. The third-order valence-electron chi connectivity index (χ3n) is 0.957. The first kappa shape index (κ1) is 6.56. The summed E-state index contributed by atoms with van der Waals surface area (Å²) in [5.74, 6) is 0. The van der Waals surface area contributed by atoms with E-state index in [0.717, 1.165) is 0 Å². The average molecular weight is 79.1 g/mol. The average Bonchev–Trinajstić information content (AvgIpc) is 1.76. The first-order valence-corrected chi connectivity index (χ1v) is 2.21. The summed E-state index contributed by atoms with van der Waals surface area (Å²) in [5, 5.41) is 3.22. The molecule has 6 heavy (non-hydrogen) atoms. The van der Waals surface area contributed by atoms with Gasteiger partial charge in [0.1, 0.15) is 0 Å². The molecule has 1 aliphatic rings. The monoisotopic (exact) mass is 79.1 g/mol. The molecule has 0 aliphatic carbocycles. The molecule has 0 bridgehead atoms. The van der Waals surface area contributed by atoms with Crippen molar-refractivity contribution in [3.8, 4) is 0 Å². The van der Waals surface area contributed by atoms with Crippen LogP contribution in [0.4, 0.5) is 0 Å². The fourth-order valence-corrected chi connectivity index (χ4v) is 0.625. The Labute approximate surface area is 52.2 Å². The van der Waals surface area contributed by atoms with E-state index in [-0.39, 0.29) is 20.3 Å². The molecule has 1 N–H and O–H groups in total. The molecule has 0 spiro atoms. The van der Waals surface area contributed by atoms with Crippen molar-refractivity contribution < 1.29 is 20.3 Å². The van der Waals surface area contributed by atoms with Gasteiger partial charge in [-0.05, 0) is 25.9 Å². The summed E-state index contributed by atoms with van der Waals surface area (Å²) >= 11 is 0. The summed E-state index contributed by atoms with van der Waals surface area (Å²) in [6.45, 7) is 2.50.